The number of anilines is 3. The zero-order valence-corrected chi connectivity index (χ0v) is 19.6. The maximum Gasteiger partial charge on any atom is 0.347 e. The molecule has 1 amide bonds. The maximum atomic E-state index is 12.7. The predicted octanol–water partition coefficient (Wildman–Crippen LogP) is 5.59. The molecule has 8 nitrogen and oxygen atoms in total. The number of aromatic nitrogens is 1. The molecule has 1 aromatic heterocycles. The molecule has 0 aliphatic heterocycles. The van der Waals surface area contributed by atoms with Crippen molar-refractivity contribution >= 4 is 39.7 Å². The summed E-state index contributed by atoms with van der Waals surface area (Å²) in [6.07, 6.45) is 1.37. The molecule has 33 heavy (non-hydrogen) atoms. The second kappa shape index (κ2) is 11.3. The van der Waals surface area contributed by atoms with E-state index in [0.717, 1.165) is 17.8 Å². The second-order valence-electron chi connectivity index (χ2n) is 7.01. The van der Waals surface area contributed by atoms with Gasteiger partial charge < -0.3 is 25.2 Å². The van der Waals surface area contributed by atoms with Gasteiger partial charge in [-0.25, -0.2) is 9.78 Å². The van der Waals surface area contributed by atoms with Crippen LogP contribution in [0.4, 0.5) is 16.5 Å². The Bertz CT molecular complexity index is 1110. The van der Waals surface area contributed by atoms with Gasteiger partial charge in [0, 0.05) is 17.7 Å². The lowest BCUT2D eigenvalue weighted by molar-refractivity contribution is 0.0700. The Balaban J connectivity index is 1.96. The van der Waals surface area contributed by atoms with Crippen molar-refractivity contribution in [3.63, 3.8) is 0 Å². The average molecular weight is 470 g/mol. The first-order chi connectivity index (χ1) is 16.0. The van der Waals surface area contributed by atoms with Gasteiger partial charge in [0.25, 0.3) is 5.91 Å². The van der Waals surface area contributed by atoms with Crippen LogP contribution < -0.4 is 20.1 Å². The Morgan fingerprint density at radius 2 is 1.64 bits per heavy atom. The van der Waals surface area contributed by atoms with E-state index in [2.05, 4.69) is 15.6 Å². The highest BCUT2D eigenvalue weighted by Crippen LogP contribution is 2.39. The molecule has 1 heterocycles. The lowest BCUT2D eigenvalue weighted by Crippen LogP contribution is -2.13. The van der Waals surface area contributed by atoms with Crippen molar-refractivity contribution in [2.75, 3.05) is 23.8 Å². The SMILES string of the molecule is CCCc1nc(Nc2cc(OCC)c(NC(=O)c3ccccc3)cc2OCC)sc1C(=O)O. The molecule has 0 saturated carbocycles. The minimum absolute atomic E-state index is 0.217. The lowest BCUT2D eigenvalue weighted by atomic mass is 10.2. The van der Waals surface area contributed by atoms with E-state index in [1.165, 1.54) is 0 Å². The topological polar surface area (TPSA) is 110 Å². The minimum Gasteiger partial charge on any atom is -0.492 e. The Kier molecular flexibility index (Phi) is 8.26. The Morgan fingerprint density at radius 3 is 2.24 bits per heavy atom. The number of carbonyl (C=O) groups excluding carboxylic acids is 1. The molecule has 2 aromatic carbocycles. The van der Waals surface area contributed by atoms with Gasteiger partial charge in [0.05, 0.1) is 30.3 Å². The fourth-order valence-corrected chi connectivity index (χ4v) is 4.05. The molecular weight excluding hydrogens is 442 g/mol. The van der Waals surface area contributed by atoms with Crippen molar-refractivity contribution < 1.29 is 24.2 Å². The van der Waals surface area contributed by atoms with Gasteiger partial charge in [0.1, 0.15) is 16.4 Å². The fraction of sp³-hybridized carbons (Fsp3) is 0.292. The number of aryl methyl sites for hydroxylation is 1. The standard InChI is InChI=1S/C24H27N3O5S/c1-4-10-16-21(23(29)30)33-24(26-16)27-18-14-19(31-5-2)17(13-20(18)32-6-3)25-22(28)15-11-8-7-9-12-15/h7-9,11-14H,4-6,10H2,1-3H3,(H,25,28)(H,26,27)(H,29,30). The molecule has 0 bridgehead atoms. The number of rotatable bonds is 11. The summed E-state index contributed by atoms with van der Waals surface area (Å²) in [6, 6.07) is 12.3. The number of carboxylic acid groups (broad SMARTS) is 1. The summed E-state index contributed by atoms with van der Waals surface area (Å²) in [4.78, 5) is 29.0. The zero-order chi connectivity index (χ0) is 23.8. The summed E-state index contributed by atoms with van der Waals surface area (Å²) < 4.78 is 11.6. The number of carbonyl (C=O) groups is 2. The first-order valence-electron chi connectivity index (χ1n) is 10.8. The molecule has 0 saturated heterocycles. The molecule has 0 radical (unpaired) electrons. The van der Waals surface area contributed by atoms with Crippen molar-refractivity contribution in [1.82, 2.24) is 4.98 Å². The second-order valence-corrected chi connectivity index (χ2v) is 8.00. The number of carboxylic acids is 1. The molecule has 0 spiro atoms. The van der Waals surface area contributed by atoms with Gasteiger partial charge in [-0.2, -0.15) is 0 Å². The number of amides is 1. The van der Waals surface area contributed by atoms with E-state index in [4.69, 9.17) is 9.47 Å². The van der Waals surface area contributed by atoms with Crippen LogP contribution in [0.15, 0.2) is 42.5 Å². The van der Waals surface area contributed by atoms with Crippen LogP contribution >= 0.6 is 11.3 Å². The third-order valence-electron chi connectivity index (χ3n) is 4.59. The smallest absolute Gasteiger partial charge is 0.347 e. The normalized spacial score (nSPS) is 10.5. The van der Waals surface area contributed by atoms with E-state index in [1.54, 1.807) is 36.4 Å². The van der Waals surface area contributed by atoms with Crippen LogP contribution in [-0.2, 0) is 6.42 Å². The van der Waals surface area contributed by atoms with E-state index in [1.807, 2.05) is 26.8 Å². The van der Waals surface area contributed by atoms with Crippen LogP contribution in [0, 0.1) is 0 Å². The third-order valence-corrected chi connectivity index (χ3v) is 5.59. The predicted molar refractivity (Wildman–Crippen MR) is 130 cm³/mol. The van der Waals surface area contributed by atoms with Crippen LogP contribution in [0.3, 0.4) is 0 Å². The number of hydrogen-bond donors (Lipinski definition) is 3. The number of ether oxygens (including phenoxy) is 2. The Hall–Kier alpha value is -3.59. The van der Waals surface area contributed by atoms with Gasteiger partial charge in [-0.1, -0.05) is 42.9 Å². The monoisotopic (exact) mass is 469 g/mol. The number of benzene rings is 2. The maximum absolute atomic E-state index is 12.7. The highest BCUT2D eigenvalue weighted by Gasteiger charge is 2.20. The van der Waals surface area contributed by atoms with Gasteiger partial charge in [0.15, 0.2) is 5.13 Å². The van der Waals surface area contributed by atoms with Crippen LogP contribution in [0.5, 0.6) is 11.5 Å². The molecular formula is C24H27N3O5S. The number of nitrogens with one attached hydrogen (secondary N) is 2. The molecule has 3 aromatic rings. The quantitative estimate of drug-likeness (QED) is 0.336. The largest absolute Gasteiger partial charge is 0.492 e. The first-order valence-corrected chi connectivity index (χ1v) is 11.6. The van der Waals surface area contributed by atoms with E-state index < -0.39 is 5.97 Å². The van der Waals surface area contributed by atoms with Gasteiger partial charge in [0.2, 0.25) is 0 Å². The summed E-state index contributed by atoms with van der Waals surface area (Å²) in [5.74, 6) is -0.331. The molecule has 174 valence electrons. The van der Waals surface area contributed by atoms with Gasteiger partial charge in [-0.15, -0.1) is 0 Å². The van der Waals surface area contributed by atoms with Gasteiger partial charge in [-0.3, -0.25) is 4.79 Å². The lowest BCUT2D eigenvalue weighted by Gasteiger charge is -2.17. The molecule has 3 rings (SSSR count). The molecule has 0 fully saturated rings. The summed E-state index contributed by atoms with van der Waals surface area (Å²) >= 11 is 1.07. The van der Waals surface area contributed by atoms with Gasteiger partial charge in [-0.05, 0) is 32.4 Å². The molecule has 0 aliphatic rings. The van der Waals surface area contributed by atoms with Crippen LogP contribution in [0.2, 0.25) is 0 Å². The molecule has 0 aliphatic carbocycles. The summed E-state index contributed by atoms with van der Waals surface area (Å²) in [5, 5.41) is 16.0. The van der Waals surface area contributed by atoms with Gasteiger partial charge >= 0.3 is 5.97 Å². The molecule has 0 atom stereocenters. The van der Waals surface area contributed by atoms with Crippen molar-refractivity contribution in [1.29, 1.82) is 0 Å². The van der Waals surface area contributed by atoms with Crippen LogP contribution in [0.1, 0.15) is 52.9 Å². The Morgan fingerprint density at radius 1 is 1.00 bits per heavy atom. The third kappa shape index (κ3) is 6.01. The Labute approximate surface area is 196 Å². The van der Waals surface area contributed by atoms with Crippen LogP contribution in [-0.4, -0.2) is 35.2 Å². The van der Waals surface area contributed by atoms with E-state index >= 15 is 0 Å². The summed E-state index contributed by atoms with van der Waals surface area (Å²) in [6.45, 7) is 6.47. The van der Waals surface area contributed by atoms with Crippen molar-refractivity contribution in [2.45, 2.75) is 33.6 Å². The fourth-order valence-electron chi connectivity index (χ4n) is 3.18. The van der Waals surface area contributed by atoms with Crippen LogP contribution in [0.25, 0.3) is 0 Å². The number of aromatic carboxylic acids is 1. The van der Waals surface area contributed by atoms with E-state index in [9.17, 15) is 14.7 Å². The van der Waals surface area contributed by atoms with E-state index in [-0.39, 0.29) is 10.8 Å². The number of nitrogens with zero attached hydrogens (tertiary/aromatic N) is 1. The highest BCUT2D eigenvalue weighted by atomic mass is 32.1. The van der Waals surface area contributed by atoms with Crippen molar-refractivity contribution in [2.24, 2.45) is 0 Å². The summed E-state index contributed by atoms with van der Waals surface area (Å²) in [5.41, 5.74) is 2.10. The molecule has 3 N–H and O–H groups in total. The van der Waals surface area contributed by atoms with Crippen molar-refractivity contribution in [3.05, 3.63) is 58.6 Å². The zero-order valence-electron chi connectivity index (χ0n) is 18.8. The van der Waals surface area contributed by atoms with Crippen molar-refractivity contribution in [3.8, 4) is 11.5 Å². The summed E-state index contributed by atoms with van der Waals surface area (Å²) in [7, 11) is 0. The molecule has 0 unspecified atom stereocenters. The number of thiazole rings is 1. The first kappa shape index (κ1) is 24.1. The highest BCUT2D eigenvalue weighted by molar-refractivity contribution is 7.17. The molecule has 9 heteroatoms. The average Bonchev–Trinajstić information content (AvgIpc) is 3.20. The number of hydrogen-bond acceptors (Lipinski definition) is 7. The minimum atomic E-state index is -0.997. The van der Waals surface area contributed by atoms with E-state index in [0.29, 0.717) is 58.9 Å².